The first kappa shape index (κ1) is 10.1. The highest BCUT2D eigenvalue weighted by molar-refractivity contribution is 9.10. The van der Waals surface area contributed by atoms with Crippen LogP contribution in [0.1, 0.15) is 0 Å². The fourth-order valence-corrected chi connectivity index (χ4v) is 2.81. The van der Waals surface area contributed by atoms with Gasteiger partial charge in [-0.2, -0.15) is 0 Å². The fraction of sp³-hybridized carbons (Fsp3) is 0. The second-order valence-electron chi connectivity index (χ2n) is 4.36. The number of para-hydroxylation sites is 1. The first-order valence-electron chi connectivity index (χ1n) is 5.77. The van der Waals surface area contributed by atoms with Crippen molar-refractivity contribution in [3.63, 3.8) is 0 Å². The highest BCUT2D eigenvalue weighted by Gasteiger charge is 2.06. The third-order valence-electron chi connectivity index (χ3n) is 3.29. The van der Waals surface area contributed by atoms with Gasteiger partial charge in [-0.1, -0.05) is 34.1 Å². The minimum Gasteiger partial charge on any atom is -0.300 e. The number of halogens is 1. The smallest absolute Gasteiger partial charge is 0.100 e. The van der Waals surface area contributed by atoms with E-state index < -0.39 is 0 Å². The van der Waals surface area contributed by atoms with Gasteiger partial charge in [0.15, 0.2) is 0 Å². The molecule has 2 heterocycles. The molecule has 86 valence electrons. The summed E-state index contributed by atoms with van der Waals surface area (Å²) in [6.45, 7) is 0. The van der Waals surface area contributed by atoms with E-state index in [1.54, 1.807) is 0 Å². The molecule has 0 unspecified atom stereocenters. The summed E-state index contributed by atoms with van der Waals surface area (Å²) in [6.07, 6.45) is 1.90. The molecule has 0 spiro atoms. The third kappa shape index (κ3) is 1.31. The van der Waals surface area contributed by atoms with Gasteiger partial charge >= 0.3 is 0 Å². The lowest BCUT2D eigenvalue weighted by Crippen LogP contribution is -1.88. The molecule has 0 fully saturated rings. The topological polar surface area (TPSA) is 17.3 Å². The van der Waals surface area contributed by atoms with Gasteiger partial charge in [-0.3, -0.25) is 4.40 Å². The van der Waals surface area contributed by atoms with Crippen LogP contribution in [0.15, 0.2) is 59.3 Å². The van der Waals surface area contributed by atoms with Crippen LogP contribution in [0.3, 0.4) is 0 Å². The average Bonchev–Trinajstić information content (AvgIpc) is 2.78. The van der Waals surface area contributed by atoms with Gasteiger partial charge in [0.25, 0.3) is 0 Å². The number of rotatable bonds is 0. The Morgan fingerprint density at radius 1 is 0.944 bits per heavy atom. The molecule has 4 aromatic rings. The third-order valence-corrected chi connectivity index (χ3v) is 3.79. The molecule has 0 saturated carbocycles. The SMILES string of the molecule is Brc1ccc2ncn3c4ccccc4cc3c2c1. The van der Waals surface area contributed by atoms with Crippen LogP contribution in [-0.4, -0.2) is 9.38 Å². The van der Waals surface area contributed by atoms with Crippen molar-refractivity contribution >= 4 is 43.3 Å². The molecule has 0 aliphatic rings. The maximum absolute atomic E-state index is 4.51. The van der Waals surface area contributed by atoms with E-state index in [4.69, 9.17) is 0 Å². The minimum atomic E-state index is 1.02. The Morgan fingerprint density at radius 3 is 2.78 bits per heavy atom. The normalized spacial score (nSPS) is 11.6. The van der Waals surface area contributed by atoms with Crippen molar-refractivity contribution in [3.05, 3.63) is 59.3 Å². The van der Waals surface area contributed by atoms with Crippen LogP contribution >= 0.6 is 15.9 Å². The maximum Gasteiger partial charge on any atom is 0.100 e. The molecule has 0 saturated heterocycles. The van der Waals surface area contributed by atoms with Crippen LogP contribution < -0.4 is 0 Å². The van der Waals surface area contributed by atoms with Crippen LogP contribution in [0.5, 0.6) is 0 Å². The van der Waals surface area contributed by atoms with Crippen molar-refractivity contribution in [2.24, 2.45) is 0 Å². The molecule has 0 atom stereocenters. The molecule has 0 aliphatic carbocycles. The quantitative estimate of drug-likeness (QED) is 0.470. The van der Waals surface area contributed by atoms with Crippen LogP contribution in [0, 0.1) is 0 Å². The zero-order valence-electron chi connectivity index (χ0n) is 9.47. The Bertz CT molecular complexity index is 893. The molecule has 2 nitrogen and oxygen atoms in total. The van der Waals surface area contributed by atoms with E-state index in [1.165, 1.54) is 21.8 Å². The number of hydrogen-bond acceptors (Lipinski definition) is 1. The van der Waals surface area contributed by atoms with Gasteiger partial charge in [0.05, 0.1) is 16.6 Å². The average molecular weight is 297 g/mol. The number of benzene rings is 2. The molecular formula is C15H9BrN2. The molecule has 2 aromatic carbocycles. The first-order valence-corrected chi connectivity index (χ1v) is 6.56. The summed E-state index contributed by atoms with van der Waals surface area (Å²) in [4.78, 5) is 4.51. The van der Waals surface area contributed by atoms with E-state index in [0.29, 0.717) is 0 Å². The van der Waals surface area contributed by atoms with Crippen molar-refractivity contribution in [3.8, 4) is 0 Å². The Kier molecular flexibility index (Phi) is 2.00. The number of fused-ring (bicyclic) bond motifs is 5. The lowest BCUT2D eigenvalue weighted by molar-refractivity contribution is 1.17. The van der Waals surface area contributed by atoms with Crippen molar-refractivity contribution in [2.75, 3.05) is 0 Å². The van der Waals surface area contributed by atoms with Crippen molar-refractivity contribution in [2.45, 2.75) is 0 Å². The zero-order valence-corrected chi connectivity index (χ0v) is 11.1. The highest BCUT2D eigenvalue weighted by atomic mass is 79.9. The zero-order chi connectivity index (χ0) is 12.1. The first-order chi connectivity index (χ1) is 8.83. The molecule has 0 N–H and O–H groups in total. The lowest BCUT2D eigenvalue weighted by atomic mass is 10.2. The molecule has 3 heteroatoms. The van der Waals surface area contributed by atoms with E-state index in [2.05, 4.69) is 61.7 Å². The Morgan fingerprint density at radius 2 is 1.83 bits per heavy atom. The Hall–Kier alpha value is -1.87. The van der Waals surface area contributed by atoms with E-state index in [-0.39, 0.29) is 0 Å². The summed E-state index contributed by atoms with van der Waals surface area (Å²) in [7, 11) is 0. The van der Waals surface area contributed by atoms with Crippen LogP contribution in [0.2, 0.25) is 0 Å². The Labute approximate surface area is 112 Å². The minimum absolute atomic E-state index is 1.02. The van der Waals surface area contributed by atoms with Gasteiger partial charge in [0, 0.05) is 15.2 Å². The lowest BCUT2D eigenvalue weighted by Gasteiger charge is -2.02. The molecule has 18 heavy (non-hydrogen) atoms. The van der Waals surface area contributed by atoms with E-state index >= 15 is 0 Å². The summed E-state index contributed by atoms with van der Waals surface area (Å²) < 4.78 is 3.22. The van der Waals surface area contributed by atoms with Gasteiger partial charge in [0.1, 0.15) is 6.33 Å². The van der Waals surface area contributed by atoms with Gasteiger partial charge < -0.3 is 0 Å². The molecule has 0 amide bonds. The summed E-state index contributed by atoms with van der Waals surface area (Å²) in [5.41, 5.74) is 3.41. The molecule has 4 rings (SSSR count). The standard InChI is InChI=1S/C15H9BrN2/c16-11-5-6-13-12(8-11)15-7-10-3-1-2-4-14(10)18(15)9-17-13/h1-9H. The maximum atomic E-state index is 4.51. The van der Waals surface area contributed by atoms with Crippen molar-refractivity contribution in [1.29, 1.82) is 0 Å². The molecule has 2 aromatic heterocycles. The molecule has 0 bridgehead atoms. The van der Waals surface area contributed by atoms with Crippen LogP contribution in [0.4, 0.5) is 0 Å². The van der Waals surface area contributed by atoms with Gasteiger partial charge in [-0.15, -0.1) is 0 Å². The predicted molar refractivity (Wildman–Crippen MR) is 77.9 cm³/mol. The summed E-state index contributed by atoms with van der Waals surface area (Å²) in [5, 5.41) is 2.41. The van der Waals surface area contributed by atoms with Crippen LogP contribution in [0.25, 0.3) is 27.3 Å². The van der Waals surface area contributed by atoms with E-state index in [9.17, 15) is 0 Å². The predicted octanol–water partition coefficient (Wildman–Crippen LogP) is 4.40. The van der Waals surface area contributed by atoms with Gasteiger partial charge in [-0.25, -0.2) is 4.98 Å². The van der Waals surface area contributed by atoms with Crippen LogP contribution in [-0.2, 0) is 0 Å². The van der Waals surface area contributed by atoms with E-state index in [0.717, 1.165) is 9.99 Å². The number of aromatic nitrogens is 2. The van der Waals surface area contributed by atoms with Crippen molar-refractivity contribution in [1.82, 2.24) is 9.38 Å². The monoisotopic (exact) mass is 296 g/mol. The highest BCUT2D eigenvalue weighted by Crippen LogP contribution is 2.27. The van der Waals surface area contributed by atoms with E-state index in [1.807, 2.05) is 18.5 Å². The molecule has 0 radical (unpaired) electrons. The fourth-order valence-electron chi connectivity index (χ4n) is 2.45. The summed E-state index contributed by atoms with van der Waals surface area (Å²) >= 11 is 3.52. The molecular weight excluding hydrogens is 288 g/mol. The summed E-state index contributed by atoms with van der Waals surface area (Å²) in [5.74, 6) is 0. The number of nitrogens with zero attached hydrogens (tertiary/aromatic N) is 2. The second-order valence-corrected chi connectivity index (χ2v) is 5.28. The molecule has 0 aliphatic heterocycles. The number of hydrogen-bond donors (Lipinski definition) is 0. The largest absolute Gasteiger partial charge is 0.300 e. The van der Waals surface area contributed by atoms with Gasteiger partial charge in [0.2, 0.25) is 0 Å². The van der Waals surface area contributed by atoms with Gasteiger partial charge in [-0.05, 0) is 30.3 Å². The Balaban J connectivity index is 2.31. The second kappa shape index (κ2) is 3.56. The van der Waals surface area contributed by atoms with Crippen molar-refractivity contribution < 1.29 is 0 Å². The summed E-state index contributed by atoms with van der Waals surface area (Å²) in [6, 6.07) is 16.8.